The Bertz CT molecular complexity index is 600. The summed E-state index contributed by atoms with van der Waals surface area (Å²) in [5, 5.41) is 4.99. The Balaban J connectivity index is 1.87. The van der Waals surface area contributed by atoms with Crippen LogP contribution in [0.3, 0.4) is 0 Å². The quantitative estimate of drug-likeness (QED) is 0.802. The van der Waals surface area contributed by atoms with Crippen LogP contribution in [0.4, 0.5) is 0 Å². The summed E-state index contributed by atoms with van der Waals surface area (Å²) in [7, 11) is 0. The van der Waals surface area contributed by atoms with Gasteiger partial charge in [0.15, 0.2) is 4.34 Å². The maximum Gasteiger partial charge on any atom is 0.230 e. The fourth-order valence-corrected chi connectivity index (χ4v) is 4.00. The average molecular weight is 371 g/mol. The molecule has 0 saturated carbocycles. The number of carbonyl (C=O) groups is 1. The van der Waals surface area contributed by atoms with Gasteiger partial charge in [-0.3, -0.25) is 4.79 Å². The molecule has 1 amide bonds. The van der Waals surface area contributed by atoms with E-state index in [0.29, 0.717) is 5.75 Å². The molecule has 0 aliphatic rings. The van der Waals surface area contributed by atoms with Crippen molar-refractivity contribution in [2.75, 3.05) is 5.75 Å². The zero-order valence-electron chi connectivity index (χ0n) is 11.2. The van der Waals surface area contributed by atoms with E-state index in [9.17, 15) is 4.79 Å². The van der Waals surface area contributed by atoms with Crippen LogP contribution in [0, 0.1) is 6.92 Å². The number of aromatic nitrogens is 1. The van der Waals surface area contributed by atoms with Crippen molar-refractivity contribution in [2.24, 2.45) is 0 Å². The number of thioether (sulfide) groups is 1. The molecule has 0 aliphatic carbocycles. The largest absolute Gasteiger partial charge is 0.349 e. The van der Waals surface area contributed by atoms with Crippen LogP contribution in [0.15, 0.2) is 38.5 Å². The van der Waals surface area contributed by atoms with Gasteiger partial charge in [-0.15, -0.1) is 11.3 Å². The smallest absolute Gasteiger partial charge is 0.230 e. The average Bonchev–Trinajstić information content (AvgIpc) is 2.82. The van der Waals surface area contributed by atoms with Crippen LogP contribution >= 0.6 is 39.0 Å². The van der Waals surface area contributed by atoms with Crippen molar-refractivity contribution in [3.63, 3.8) is 0 Å². The maximum atomic E-state index is 11.9. The van der Waals surface area contributed by atoms with E-state index in [1.54, 1.807) is 11.3 Å². The normalized spacial score (nSPS) is 12.2. The van der Waals surface area contributed by atoms with E-state index in [-0.39, 0.29) is 11.9 Å². The van der Waals surface area contributed by atoms with E-state index in [2.05, 4.69) is 26.2 Å². The Kier molecular flexibility index (Phi) is 5.63. The lowest BCUT2D eigenvalue weighted by Gasteiger charge is -2.15. The molecular formula is C14H15BrN2OS2. The van der Waals surface area contributed by atoms with Crippen LogP contribution in [0.2, 0.25) is 0 Å². The number of nitrogens with one attached hydrogen (secondary N) is 1. The van der Waals surface area contributed by atoms with Crippen LogP contribution in [-0.2, 0) is 4.79 Å². The minimum absolute atomic E-state index is 0.0169. The number of rotatable bonds is 5. The summed E-state index contributed by atoms with van der Waals surface area (Å²) in [6.07, 6.45) is 0. The minimum atomic E-state index is -0.0169. The lowest BCUT2D eigenvalue weighted by Crippen LogP contribution is -2.28. The number of carbonyl (C=O) groups excluding carboxylic acids is 1. The van der Waals surface area contributed by atoms with Crippen LogP contribution in [0.1, 0.15) is 24.2 Å². The van der Waals surface area contributed by atoms with E-state index >= 15 is 0 Å². The molecule has 0 unspecified atom stereocenters. The second-order valence-corrected chi connectivity index (χ2v) is 7.29. The van der Waals surface area contributed by atoms with Gasteiger partial charge in [0.05, 0.1) is 11.8 Å². The lowest BCUT2D eigenvalue weighted by molar-refractivity contribution is -0.119. The lowest BCUT2D eigenvalue weighted by atomic mass is 10.1. The van der Waals surface area contributed by atoms with Gasteiger partial charge in [-0.2, -0.15) is 0 Å². The number of aryl methyl sites for hydroxylation is 1. The molecule has 106 valence electrons. The molecule has 1 aromatic carbocycles. The first-order chi connectivity index (χ1) is 9.56. The van der Waals surface area contributed by atoms with Gasteiger partial charge >= 0.3 is 0 Å². The monoisotopic (exact) mass is 370 g/mol. The van der Waals surface area contributed by atoms with Gasteiger partial charge in [-0.1, -0.05) is 45.9 Å². The highest BCUT2D eigenvalue weighted by atomic mass is 79.9. The Morgan fingerprint density at radius 3 is 2.90 bits per heavy atom. The van der Waals surface area contributed by atoms with Crippen molar-refractivity contribution in [2.45, 2.75) is 24.2 Å². The number of amides is 1. The highest BCUT2D eigenvalue weighted by Crippen LogP contribution is 2.24. The second kappa shape index (κ2) is 7.24. The molecule has 0 spiro atoms. The Morgan fingerprint density at radius 2 is 2.25 bits per heavy atom. The van der Waals surface area contributed by atoms with Crippen molar-refractivity contribution in [3.8, 4) is 0 Å². The zero-order chi connectivity index (χ0) is 14.5. The molecule has 1 N–H and O–H groups in total. The SMILES string of the molecule is Cc1csc(SCC(=O)N[C@H](C)c2ccccc2Br)n1. The molecule has 6 heteroatoms. The van der Waals surface area contributed by atoms with Crippen molar-refractivity contribution in [1.29, 1.82) is 0 Å². The van der Waals surface area contributed by atoms with Gasteiger partial charge in [0.25, 0.3) is 0 Å². The molecule has 0 fully saturated rings. The molecule has 1 aromatic heterocycles. The molecule has 0 aliphatic heterocycles. The van der Waals surface area contributed by atoms with Crippen molar-refractivity contribution in [1.82, 2.24) is 10.3 Å². The highest BCUT2D eigenvalue weighted by Gasteiger charge is 2.12. The summed E-state index contributed by atoms with van der Waals surface area (Å²) in [6.45, 7) is 3.94. The van der Waals surface area contributed by atoms with Crippen LogP contribution < -0.4 is 5.32 Å². The van der Waals surface area contributed by atoms with Gasteiger partial charge in [0.2, 0.25) is 5.91 Å². The molecular weight excluding hydrogens is 356 g/mol. The molecule has 2 aromatic rings. The Morgan fingerprint density at radius 1 is 1.50 bits per heavy atom. The highest BCUT2D eigenvalue weighted by molar-refractivity contribution is 9.10. The van der Waals surface area contributed by atoms with E-state index < -0.39 is 0 Å². The molecule has 0 bridgehead atoms. The first kappa shape index (κ1) is 15.5. The summed E-state index contributed by atoms with van der Waals surface area (Å²) >= 11 is 6.55. The summed E-state index contributed by atoms with van der Waals surface area (Å²) in [6, 6.07) is 7.90. The Labute approximate surface area is 135 Å². The van der Waals surface area contributed by atoms with Gasteiger partial charge in [0, 0.05) is 15.5 Å². The molecule has 3 nitrogen and oxygen atoms in total. The van der Waals surface area contributed by atoms with Crippen molar-refractivity contribution < 1.29 is 4.79 Å². The molecule has 20 heavy (non-hydrogen) atoms. The van der Waals surface area contributed by atoms with Gasteiger partial charge in [0.1, 0.15) is 0 Å². The van der Waals surface area contributed by atoms with E-state index in [1.807, 2.05) is 43.5 Å². The number of hydrogen-bond donors (Lipinski definition) is 1. The van der Waals surface area contributed by atoms with Crippen LogP contribution in [-0.4, -0.2) is 16.6 Å². The summed E-state index contributed by atoms with van der Waals surface area (Å²) < 4.78 is 1.95. The van der Waals surface area contributed by atoms with Crippen molar-refractivity contribution in [3.05, 3.63) is 45.4 Å². The number of hydrogen-bond acceptors (Lipinski definition) is 4. The van der Waals surface area contributed by atoms with E-state index in [0.717, 1.165) is 20.1 Å². The van der Waals surface area contributed by atoms with Gasteiger partial charge in [-0.05, 0) is 25.5 Å². The number of thiazole rings is 1. The second-order valence-electron chi connectivity index (χ2n) is 4.35. The topological polar surface area (TPSA) is 42.0 Å². The fourth-order valence-electron chi connectivity index (χ4n) is 1.71. The van der Waals surface area contributed by atoms with E-state index in [1.165, 1.54) is 11.8 Å². The number of benzene rings is 1. The molecule has 2 rings (SSSR count). The number of halogens is 1. The van der Waals surface area contributed by atoms with E-state index in [4.69, 9.17) is 0 Å². The number of nitrogens with zero attached hydrogens (tertiary/aromatic N) is 1. The van der Waals surface area contributed by atoms with Crippen LogP contribution in [0.5, 0.6) is 0 Å². The third-order valence-corrected chi connectivity index (χ3v) is 5.53. The summed E-state index contributed by atoms with van der Waals surface area (Å²) in [4.78, 5) is 16.3. The van der Waals surface area contributed by atoms with Crippen molar-refractivity contribution >= 4 is 44.9 Å². The molecule has 1 atom stereocenters. The predicted octanol–water partition coefficient (Wildman–Crippen LogP) is 4.18. The maximum absolute atomic E-state index is 11.9. The van der Waals surface area contributed by atoms with Gasteiger partial charge in [-0.25, -0.2) is 4.98 Å². The Hall–Kier alpha value is -0.850. The zero-order valence-corrected chi connectivity index (χ0v) is 14.4. The van der Waals surface area contributed by atoms with Crippen LogP contribution in [0.25, 0.3) is 0 Å². The minimum Gasteiger partial charge on any atom is -0.349 e. The first-order valence-corrected chi connectivity index (χ1v) is 8.81. The third kappa shape index (κ3) is 4.33. The standard InChI is InChI=1S/C14H15BrN2OS2/c1-9-7-19-14(16-9)20-8-13(18)17-10(2)11-5-3-4-6-12(11)15/h3-7,10H,8H2,1-2H3,(H,17,18)/t10-/m1/s1. The summed E-state index contributed by atoms with van der Waals surface area (Å²) in [5.74, 6) is 0.410. The fraction of sp³-hybridized carbons (Fsp3) is 0.286. The molecule has 0 saturated heterocycles. The third-order valence-electron chi connectivity index (χ3n) is 2.67. The summed E-state index contributed by atoms with van der Waals surface area (Å²) in [5.41, 5.74) is 2.08. The first-order valence-electron chi connectivity index (χ1n) is 6.15. The predicted molar refractivity (Wildman–Crippen MR) is 88.3 cm³/mol. The van der Waals surface area contributed by atoms with Gasteiger partial charge < -0.3 is 5.32 Å². The molecule has 0 radical (unpaired) electrons. The molecule has 1 heterocycles.